The van der Waals surface area contributed by atoms with Crippen LogP contribution in [0.1, 0.15) is 17.2 Å². The molecule has 1 N–H and O–H groups in total. The molecule has 25 heavy (non-hydrogen) atoms. The van der Waals surface area contributed by atoms with Gasteiger partial charge in [-0.05, 0) is 11.1 Å². The maximum Gasteiger partial charge on any atom is 0.269 e. The Morgan fingerprint density at radius 1 is 0.960 bits per heavy atom. The van der Waals surface area contributed by atoms with Crippen LogP contribution in [0.2, 0.25) is 0 Å². The minimum absolute atomic E-state index is 0.128. The summed E-state index contributed by atoms with van der Waals surface area (Å²) in [7, 11) is 0. The van der Waals surface area contributed by atoms with Crippen LogP contribution in [0.5, 0.6) is 0 Å². The normalized spacial score (nSPS) is 17.3. The number of aliphatic hydroxyl groups excluding tert-OH is 1. The van der Waals surface area contributed by atoms with Gasteiger partial charge in [-0.3, -0.25) is 19.9 Å². The number of piperazine rings is 1. The number of hydrogen-bond acceptors (Lipinski definition) is 5. The lowest BCUT2D eigenvalue weighted by atomic mass is 10.1. The summed E-state index contributed by atoms with van der Waals surface area (Å²) in [4.78, 5) is 14.9. The predicted octanol–water partition coefficient (Wildman–Crippen LogP) is 2.45. The van der Waals surface area contributed by atoms with Crippen molar-refractivity contribution >= 4 is 5.69 Å². The highest BCUT2D eigenvalue weighted by atomic mass is 16.6. The third kappa shape index (κ3) is 4.85. The SMILES string of the molecule is O=[N+]([O-])c1ccc(CN2CCN(C[C@@H](O)c3ccccc3)CC2)cc1. The lowest BCUT2D eigenvalue weighted by Crippen LogP contribution is -2.47. The Morgan fingerprint density at radius 3 is 2.16 bits per heavy atom. The Morgan fingerprint density at radius 2 is 1.56 bits per heavy atom. The zero-order valence-corrected chi connectivity index (χ0v) is 14.1. The van der Waals surface area contributed by atoms with Crippen LogP contribution in [-0.4, -0.2) is 52.6 Å². The molecule has 1 heterocycles. The van der Waals surface area contributed by atoms with Gasteiger partial charge in [-0.1, -0.05) is 42.5 Å². The summed E-state index contributed by atoms with van der Waals surface area (Å²) in [5, 5.41) is 21.0. The van der Waals surface area contributed by atoms with Crippen molar-refractivity contribution < 1.29 is 10.0 Å². The number of aliphatic hydroxyl groups is 1. The van der Waals surface area contributed by atoms with Gasteiger partial charge < -0.3 is 5.11 Å². The van der Waals surface area contributed by atoms with Crippen molar-refractivity contribution in [3.05, 3.63) is 75.8 Å². The molecule has 1 saturated heterocycles. The van der Waals surface area contributed by atoms with Crippen LogP contribution in [0.25, 0.3) is 0 Å². The van der Waals surface area contributed by atoms with Gasteiger partial charge >= 0.3 is 0 Å². The summed E-state index contributed by atoms with van der Waals surface area (Å²) in [6, 6.07) is 16.5. The molecule has 0 saturated carbocycles. The molecule has 1 fully saturated rings. The number of non-ortho nitro benzene ring substituents is 1. The largest absolute Gasteiger partial charge is 0.387 e. The van der Waals surface area contributed by atoms with E-state index in [1.54, 1.807) is 12.1 Å². The average Bonchev–Trinajstić information content (AvgIpc) is 2.64. The second-order valence-corrected chi connectivity index (χ2v) is 6.43. The second kappa shape index (κ2) is 8.20. The zero-order valence-electron chi connectivity index (χ0n) is 14.1. The van der Waals surface area contributed by atoms with Gasteiger partial charge in [0.1, 0.15) is 0 Å². The molecule has 0 spiro atoms. The van der Waals surface area contributed by atoms with E-state index in [1.807, 2.05) is 42.5 Å². The van der Waals surface area contributed by atoms with Crippen LogP contribution < -0.4 is 0 Å². The number of hydrogen-bond donors (Lipinski definition) is 1. The highest BCUT2D eigenvalue weighted by Crippen LogP contribution is 2.17. The lowest BCUT2D eigenvalue weighted by Gasteiger charge is -2.35. The van der Waals surface area contributed by atoms with E-state index in [0.29, 0.717) is 6.54 Å². The van der Waals surface area contributed by atoms with E-state index in [9.17, 15) is 15.2 Å². The first-order chi connectivity index (χ1) is 12.1. The Hall–Kier alpha value is -2.28. The third-order valence-electron chi connectivity index (χ3n) is 4.63. The average molecular weight is 341 g/mol. The van der Waals surface area contributed by atoms with Crippen LogP contribution in [0.15, 0.2) is 54.6 Å². The van der Waals surface area contributed by atoms with Gasteiger partial charge in [0.2, 0.25) is 0 Å². The van der Waals surface area contributed by atoms with E-state index in [1.165, 1.54) is 0 Å². The molecule has 2 aromatic rings. The first-order valence-electron chi connectivity index (χ1n) is 8.53. The highest BCUT2D eigenvalue weighted by Gasteiger charge is 2.20. The molecular weight excluding hydrogens is 318 g/mol. The van der Waals surface area contributed by atoms with Gasteiger partial charge in [0.05, 0.1) is 11.0 Å². The van der Waals surface area contributed by atoms with Gasteiger partial charge in [-0.15, -0.1) is 0 Å². The molecule has 0 radical (unpaired) electrons. The minimum Gasteiger partial charge on any atom is -0.387 e. The van der Waals surface area contributed by atoms with Gasteiger partial charge in [-0.25, -0.2) is 0 Å². The molecule has 6 nitrogen and oxygen atoms in total. The van der Waals surface area contributed by atoms with Crippen LogP contribution in [0, 0.1) is 10.1 Å². The zero-order chi connectivity index (χ0) is 17.6. The van der Waals surface area contributed by atoms with E-state index in [0.717, 1.165) is 43.9 Å². The maximum absolute atomic E-state index is 10.7. The van der Waals surface area contributed by atoms with Gasteiger partial charge in [0.25, 0.3) is 5.69 Å². The molecule has 0 aliphatic carbocycles. The third-order valence-corrected chi connectivity index (χ3v) is 4.63. The molecule has 3 rings (SSSR count). The summed E-state index contributed by atoms with van der Waals surface area (Å²) in [5.41, 5.74) is 2.17. The fraction of sp³-hybridized carbons (Fsp3) is 0.368. The first kappa shape index (κ1) is 17.5. The van der Waals surface area contributed by atoms with Crippen molar-refractivity contribution in [2.24, 2.45) is 0 Å². The Bertz CT molecular complexity index is 683. The molecule has 6 heteroatoms. The molecular formula is C19H23N3O3. The fourth-order valence-electron chi connectivity index (χ4n) is 3.14. The number of nitro benzene ring substituents is 1. The van der Waals surface area contributed by atoms with Crippen molar-refractivity contribution in [3.63, 3.8) is 0 Å². The summed E-state index contributed by atoms with van der Waals surface area (Å²) < 4.78 is 0. The summed E-state index contributed by atoms with van der Waals surface area (Å²) >= 11 is 0. The van der Waals surface area contributed by atoms with E-state index in [2.05, 4.69) is 9.80 Å². The molecule has 0 amide bonds. The smallest absolute Gasteiger partial charge is 0.269 e. The standard InChI is InChI=1S/C19H23N3O3/c23-19(17-4-2-1-3-5-17)15-21-12-10-20(11-13-21)14-16-6-8-18(9-7-16)22(24)25/h1-9,19,23H,10-15H2/t19-/m1/s1. The molecule has 2 aromatic carbocycles. The van der Waals surface area contributed by atoms with E-state index < -0.39 is 6.10 Å². The molecule has 0 unspecified atom stereocenters. The van der Waals surface area contributed by atoms with Crippen molar-refractivity contribution in [3.8, 4) is 0 Å². The monoisotopic (exact) mass is 341 g/mol. The van der Waals surface area contributed by atoms with Crippen molar-refractivity contribution in [2.75, 3.05) is 32.7 Å². The van der Waals surface area contributed by atoms with E-state index in [4.69, 9.17) is 0 Å². The molecule has 132 valence electrons. The number of benzene rings is 2. The van der Waals surface area contributed by atoms with Crippen molar-refractivity contribution in [1.29, 1.82) is 0 Å². The Kier molecular flexibility index (Phi) is 5.75. The Labute approximate surface area is 147 Å². The molecule has 1 aliphatic heterocycles. The van der Waals surface area contributed by atoms with Crippen molar-refractivity contribution in [1.82, 2.24) is 9.80 Å². The summed E-state index contributed by atoms with van der Waals surface area (Å²) in [6.07, 6.45) is -0.456. The van der Waals surface area contributed by atoms with Gasteiger partial charge in [0.15, 0.2) is 0 Å². The molecule has 1 aliphatic rings. The topological polar surface area (TPSA) is 69.9 Å². The number of rotatable bonds is 6. The van der Waals surface area contributed by atoms with Crippen LogP contribution in [-0.2, 0) is 6.54 Å². The van der Waals surface area contributed by atoms with Crippen molar-refractivity contribution in [2.45, 2.75) is 12.6 Å². The van der Waals surface area contributed by atoms with E-state index in [-0.39, 0.29) is 10.6 Å². The minimum atomic E-state index is -0.456. The predicted molar refractivity (Wildman–Crippen MR) is 96.2 cm³/mol. The number of nitro groups is 1. The quantitative estimate of drug-likeness (QED) is 0.645. The van der Waals surface area contributed by atoms with Crippen LogP contribution in [0.3, 0.4) is 0 Å². The second-order valence-electron chi connectivity index (χ2n) is 6.43. The molecule has 0 aromatic heterocycles. The Balaban J connectivity index is 1.46. The number of β-amino-alcohol motifs (C(OH)–C–C–N with tert-alkyl or cyclic N) is 1. The molecule has 0 bridgehead atoms. The van der Waals surface area contributed by atoms with Gasteiger partial charge in [-0.2, -0.15) is 0 Å². The fourth-order valence-corrected chi connectivity index (χ4v) is 3.14. The van der Waals surface area contributed by atoms with Crippen LogP contribution in [0.4, 0.5) is 5.69 Å². The van der Waals surface area contributed by atoms with Gasteiger partial charge in [0, 0.05) is 51.4 Å². The highest BCUT2D eigenvalue weighted by molar-refractivity contribution is 5.32. The summed E-state index contributed by atoms with van der Waals surface area (Å²) in [5.74, 6) is 0. The lowest BCUT2D eigenvalue weighted by molar-refractivity contribution is -0.384. The van der Waals surface area contributed by atoms with E-state index >= 15 is 0 Å². The molecule has 1 atom stereocenters. The number of nitrogens with zero attached hydrogens (tertiary/aromatic N) is 3. The first-order valence-corrected chi connectivity index (χ1v) is 8.53. The summed E-state index contributed by atoms with van der Waals surface area (Å²) in [6.45, 7) is 5.13. The van der Waals surface area contributed by atoms with Crippen LogP contribution >= 0.6 is 0 Å². The maximum atomic E-state index is 10.7.